The van der Waals surface area contributed by atoms with Gasteiger partial charge in [-0.2, -0.15) is 0 Å². The minimum Gasteiger partial charge on any atom is -0.480 e. The first-order chi connectivity index (χ1) is 9.79. The molecule has 120 valence electrons. The molecule has 1 aliphatic heterocycles. The molecule has 0 spiro atoms. The Morgan fingerprint density at radius 1 is 1.24 bits per heavy atom. The van der Waals surface area contributed by atoms with Gasteiger partial charge in [0.1, 0.15) is 6.04 Å². The monoisotopic (exact) mass is 299 g/mol. The third-order valence-electron chi connectivity index (χ3n) is 3.49. The molecule has 0 saturated carbocycles. The van der Waals surface area contributed by atoms with E-state index in [1.807, 2.05) is 13.8 Å². The van der Waals surface area contributed by atoms with Crippen LogP contribution in [0.25, 0.3) is 0 Å². The topological polar surface area (TPSA) is 98.7 Å². The number of nitrogens with one attached hydrogen (secondary N) is 2. The van der Waals surface area contributed by atoms with Gasteiger partial charge in [0.25, 0.3) is 0 Å². The third kappa shape index (κ3) is 6.01. The smallest absolute Gasteiger partial charge is 0.326 e. The van der Waals surface area contributed by atoms with Crippen molar-refractivity contribution < 1.29 is 19.5 Å². The molecule has 0 aromatic carbocycles. The van der Waals surface area contributed by atoms with Crippen LogP contribution in [0, 0.1) is 5.92 Å². The quantitative estimate of drug-likeness (QED) is 0.699. The molecule has 1 heterocycles. The van der Waals surface area contributed by atoms with Crippen molar-refractivity contribution in [2.45, 2.75) is 52.1 Å². The molecule has 7 heteroatoms. The lowest BCUT2D eigenvalue weighted by atomic mass is 10.0. The maximum atomic E-state index is 12.1. The van der Waals surface area contributed by atoms with Crippen LogP contribution in [0.2, 0.25) is 0 Å². The second-order valence-electron chi connectivity index (χ2n) is 5.93. The number of carboxylic acids is 1. The average Bonchev–Trinajstić information content (AvgIpc) is 2.37. The van der Waals surface area contributed by atoms with Crippen LogP contribution >= 0.6 is 0 Å². The lowest BCUT2D eigenvalue weighted by Gasteiger charge is -2.33. The van der Waals surface area contributed by atoms with E-state index in [2.05, 4.69) is 10.6 Å². The number of nitrogens with zero attached hydrogens (tertiary/aromatic N) is 1. The van der Waals surface area contributed by atoms with Crippen LogP contribution in [-0.2, 0) is 9.59 Å². The number of hydrogen-bond acceptors (Lipinski definition) is 3. The maximum absolute atomic E-state index is 12.1. The van der Waals surface area contributed by atoms with E-state index < -0.39 is 12.0 Å². The zero-order valence-corrected chi connectivity index (χ0v) is 12.9. The van der Waals surface area contributed by atoms with Gasteiger partial charge in [0.2, 0.25) is 5.91 Å². The van der Waals surface area contributed by atoms with E-state index in [0.717, 1.165) is 0 Å². The van der Waals surface area contributed by atoms with E-state index in [4.69, 9.17) is 5.11 Å². The predicted molar refractivity (Wildman–Crippen MR) is 77.8 cm³/mol. The highest BCUT2D eigenvalue weighted by Gasteiger charge is 2.27. The highest BCUT2D eigenvalue weighted by Crippen LogP contribution is 2.11. The number of hydrogen-bond donors (Lipinski definition) is 3. The van der Waals surface area contributed by atoms with Crippen molar-refractivity contribution >= 4 is 17.9 Å². The molecule has 1 saturated heterocycles. The van der Waals surface area contributed by atoms with E-state index in [1.165, 1.54) is 6.92 Å². The zero-order chi connectivity index (χ0) is 16.0. The summed E-state index contributed by atoms with van der Waals surface area (Å²) in [5.74, 6) is -0.886. The minimum atomic E-state index is -1.01. The number of rotatable bonds is 5. The number of carboxylic acid groups (broad SMARTS) is 1. The van der Waals surface area contributed by atoms with Crippen molar-refractivity contribution in [3.05, 3.63) is 0 Å². The number of piperidine rings is 1. The molecular weight excluding hydrogens is 274 g/mol. The van der Waals surface area contributed by atoms with Gasteiger partial charge in [-0.1, -0.05) is 13.8 Å². The molecule has 21 heavy (non-hydrogen) atoms. The van der Waals surface area contributed by atoms with Crippen molar-refractivity contribution in [1.82, 2.24) is 15.5 Å². The summed E-state index contributed by atoms with van der Waals surface area (Å²) in [5, 5.41) is 14.5. The molecule has 7 nitrogen and oxygen atoms in total. The van der Waals surface area contributed by atoms with Gasteiger partial charge in [-0.15, -0.1) is 0 Å². The van der Waals surface area contributed by atoms with Crippen LogP contribution in [-0.4, -0.2) is 53.1 Å². The highest BCUT2D eigenvalue weighted by atomic mass is 16.4. The largest absolute Gasteiger partial charge is 0.480 e. The molecule has 1 rings (SSSR count). The highest BCUT2D eigenvalue weighted by molar-refractivity contribution is 5.82. The summed E-state index contributed by atoms with van der Waals surface area (Å²) in [6.07, 6.45) is 1.78. The number of aliphatic carboxylic acids is 1. The first-order valence-corrected chi connectivity index (χ1v) is 7.35. The number of carbonyl (C=O) groups excluding carboxylic acids is 2. The van der Waals surface area contributed by atoms with Gasteiger partial charge < -0.3 is 20.6 Å². The van der Waals surface area contributed by atoms with Gasteiger partial charge in [0, 0.05) is 26.1 Å². The number of carbonyl (C=O) groups is 3. The molecule has 3 N–H and O–H groups in total. The number of amides is 3. The Labute approximate surface area is 125 Å². The number of likely N-dealkylation sites (tertiary alicyclic amines) is 1. The Morgan fingerprint density at radius 3 is 2.24 bits per heavy atom. The van der Waals surface area contributed by atoms with Crippen LogP contribution in [0.4, 0.5) is 4.79 Å². The first-order valence-electron chi connectivity index (χ1n) is 7.35. The summed E-state index contributed by atoms with van der Waals surface area (Å²) >= 11 is 0. The van der Waals surface area contributed by atoms with Gasteiger partial charge in [-0.3, -0.25) is 4.79 Å². The van der Waals surface area contributed by atoms with Crippen LogP contribution in [0.3, 0.4) is 0 Å². The van der Waals surface area contributed by atoms with Gasteiger partial charge in [-0.05, 0) is 25.2 Å². The maximum Gasteiger partial charge on any atom is 0.326 e. The second-order valence-corrected chi connectivity index (χ2v) is 5.93. The molecule has 1 atom stereocenters. The Kier molecular flexibility index (Phi) is 6.45. The molecule has 0 unspecified atom stereocenters. The summed E-state index contributed by atoms with van der Waals surface area (Å²) < 4.78 is 0. The normalized spacial score (nSPS) is 17.4. The average molecular weight is 299 g/mol. The van der Waals surface area contributed by atoms with E-state index in [1.54, 1.807) is 4.90 Å². The van der Waals surface area contributed by atoms with Crippen molar-refractivity contribution in [1.29, 1.82) is 0 Å². The Bertz CT molecular complexity index is 390. The van der Waals surface area contributed by atoms with Gasteiger partial charge in [-0.25, -0.2) is 9.59 Å². The zero-order valence-electron chi connectivity index (χ0n) is 12.9. The standard InChI is InChI=1S/C14H25N3O4/c1-9(2)8-12(13(19)20)16-14(21)17-6-4-11(5-7-17)15-10(3)18/h9,11-12H,4-8H2,1-3H3,(H,15,18)(H,16,21)(H,19,20)/t12-/m1/s1. The molecule has 1 fully saturated rings. The fraction of sp³-hybridized carbons (Fsp3) is 0.786. The lowest BCUT2D eigenvalue weighted by Crippen LogP contribution is -2.52. The first kappa shape index (κ1) is 17.3. The molecule has 0 radical (unpaired) electrons. The van der Waals surface area contributed by atoms with Gasteiger partial charge >= 0.3 is 12.0 Å². The molecule has 0 bridgehead atoms. The molecule has 0 aromatic rings. The third-order valence-corrected chi connectivity index (χ3v) is 3.49. The summed E-state index contributed by atoms with van der Waals surface area (Å²) in [6, 6.07) is -1.10. The summed E-state index contributed by atoms with van der Waals surface area (Å²) in [7, 11) is 0. The summed E-state index contributed by atoms with van der Waals surface area (Å²) in [5.41, 5.74) is 0. The Morgan fingerprint density at radius 2 is 1.81 bits per heavy atom. The minimum absolute atomic E-state index is 0.0687. The van der Waals surface area contributed by atoms with E-state index in [0.29, 0.717) is 32.4 Å². The van der Waals surface area contributed by atoms with Crippen molar-refractivity contribution in [3.8, 4) is 0 Å². The van der Waals surface area contributed by atoms with Crippen molar-refractivity contribution in [3.63, 3.8) is 0 Å². The molecule has 3 amide bonds. The van der Waals surface area contributed by atoms with Gasteiger partial charge in [0.15, 0.2) is 0 Å². The fourth-order valence-electron chi connectivity index (χ4n) is 2.45. The van der Waals surface area contributed by atoms with Crippen LogP contribution < -0.4 is 10.6 Å². The van der Waals surface area contributed by atoms with Gasteiger partial charge in [0.05, 0.1) is 0 Å². The van der Waals surface area contributed by atoms with Crippen molar-refractivity contribution in [2.24, 2.45) is 5.92 Å². The second kappa shape index (κ2) is 7.85. The predicted octanol–water partition coefficient (Wildman–Crippen LogP) is 0.796. The van der Waals surface area contributed by atoms with E-state index in [-0.39, 0.29) is 23.9 Å². The number of urea groups is 1. The summed E-state index contributed by atoms with van der Waals surface area (Å²) in [6.45, 7) is 6.35. The molecule has 0 aliphatic carbocycles. The van der Waals surface area contributed by atoms with Crippen LogP contribution in [0.5, 0.6) is 0 Å². The summed E-state index contributed by atoms with van der Waals surface area (Å²) in [4.78, 5) is 35.8. The van der Waals surface area contributed by atoms with E-state index >= 15 is 0 Å². The lowest BCUT2D eigenvalue weighted by molar-refractivity contribution is -0.139. The Hall–Kier alpha value is -1.79. The SMILES string of the molecule is CC(=O)NC1CCN(C(=O)N[C@H](CC(C)C)C(=O)O)CC1. The molecular formula is C14H25N3O4. The fourth-order valence-corrected chi connectivity index (χ4v) is 2.45. The van der Waals surface area contributed by atoms with Crippen LogP contribution in [0.1, 0.15) is 40.0 Å². The van der Waals surface area contributed by atoms with E-state index in [9.17, 15) is 14.4 Å². The molecule has 0 aromatic heterocycles. The van der Waals surface area contributed by atoms with Crippen LogP contribution in [0.15, 0.2) is 0 Å². The molecule has 1 aliphatic rings. The Balaban J connectivity index is 2.45. The van der Waals surface area contributed by atoms with Crippen molar-refractivity contribution in [2.75, 3.05) is 13.1 Å².